The number of rotatable bonds is 2. The smallest absolute Gasteiger partial charge is 0.0271 e. The Labute approximate surface area is 97.9 Å². The van der Waals surface area contributed by atoms with Gasteiger partial charge in [-0.3, -0.25) is 9.88 Å². The molecule has 1 fully saturated rings. The Morgan fingerprint density at radius 3 is 3.00 bits per heavy atom. The van der Waals surface area contributed by atoms with Gasteiger partial charge in [-0.05, 0) is 50.6 Å². The highest BCUT2D eigenvalue weighted by Crippen LogP contribution is 2.07. The van der Waals surface area contributed by atoms with Gasteiger partial charge in [0.1, 0.15) is 0 Å². The van der Waals surface area contributed by atoms with Crippen LogP contribution in [0.4, 0.5) is 0 Å². The minimum absolute atomic E-state index is 0.599. The summed E-state index contributed by atoms with van der Waals surface area (Å²) in [6, 6.07) is 4.82. The Bertz CT molecular complexity index is 299. The van der Waals surface area contributed by atoms with Gasteiger partial charge >= 0.3 is 0 Å². The predicted molar refractivity (Wildman–Crippen MR) is 66.2 cm³/mol. The minimum atomic E-state index is 0.599. The third-order valence-corrected chi connectivity index (χ3v) is 3.08. The molecule has 0 spiro atoms. The van der Waals surface area contributed by atoms with Crippen molar-refractivity contribution in [2.24, 2.45) is 0 Å². The highest BCUT2D eigenvalue weighted by atomic mass is 15.1. The topological polar surface area (TPSA) is 28.2 Å². The van der Waals surface area contributed by atoms with Crippen LogP contribution >= 0.6 is 0 Å². The van der Waals surface area contributed by atoms with Crippen molar-refractivity contribution in [1.82, 2.24) is 15.2 Å². The van der Waals surface area contributed by atoms with E-state index in [0.717, 1.165) is 13.1 Å². The van der Waals surface area contributed by atoms with Crippen LogP contribution in [0.25, 0.3) is 0 Å². The van der Waals surface area contributed by atoms with Crippen molar-refractivity contribution >= 4 is 0 Å². The molecule has 1 aliphatic heterocycles. The van der Waals surface area contributed by atoms with E-state index >= 15 is 0 Å². The molecule has 0 radical (unpaired) electrons. The van der Waals surface area contributed by atoms with Crippen LogP contribution in [-0.4, -0.2) is 35.6 Å². The van der Waals surface area contributed by atoms with Crippen LogP contribution in [0.5, 0.6) is 0 Å². The second kappa shape index (κ2) is 5.97. The SMILES string of the molecule is CC1CN(Cc2ccncc2)CCCCN1. The van der Waals surface area contributed by atoms with E-state index in [0.29, 0.717) is 6.04 Å². The second-order valence-corrected chi connectivity index (χ2v) is 4.65. The highest BCUT2D eigenvalue weighted by molar-refractivity contribution is 5.09. The van der Waals surface area contributed by atoms with Crippen LogP contribution in [0.15, 0.2) is 24.5 Å². The van der Waals surface area contributed by atoms with Gasteiger partial charge in [-0.25, -0.2) is 0 Å². The molecule has 0 saturated carbocycles. The van der Waals surface area contributed by atoms with Crippen molar-refractivity contribution in [2.75, 3.05) is 19.6 Å². The van der Waals surface area contributed by atoms with E-state index in [4.69, 9.17) is 0 Å². The molecule has 2 rings (SSSR count). The van der Waals surface area contributed by atoms with Crippen LogP contribution in [0.3, 0.4) is 0 Å². The molecule has 88 valence electrons. The zero-order valence-corrected chi connectivity index (χ0v) is 10.0. The largest absolute Gasteiger partial charge is 0.313 e. The summed E-state index contributed by atoms with van der Waals surface area (Å²) in [6.07, 6.45) is 6.34. The molecule has 1 atom stereocenters. The van der Waals surface area contributed by atoms with E-state index in [1.54, 1.807) is 0 Å². The fraction of sp³-hybridized carbons (Fsp3) is 0.615. The molecule has 3 nitrogen and oxygen atoms in total. The molecular weight excluding hydrogens is 198 g/mol. The summed E-state index contributed by atoms with van der Waals surface area (Å²) in [5.41, 5.74) is 1.36. The normalized spacial score (nSPS) is 23.7. The monoisotopic (exact) mass is 219 g/mol. The van der Waals surface area contributed by atoms with E-state index in [-0.39, 0.29) is 0 Å². The van der Waals surface area contributed by atoms with Gasteiger partial charge < -0.3 is 5.32 Å². The lowest BCUT2D eigenvalue weighted by molar-refractivity contribution is 0.220. The minimum Gasteiger partial charge on any atom is -0.313 e. The summed E-state index contributed by atoms with van der Waals surface area (Å²) < 4.78 is 0. The van der Waals surface area contributed by atoms with Gasteiger partial charge in [-0.2, -0.15) is 0 Å². The van der Waals surface area contributed by atoms with Gasteiger partial charge in [0, 0.05) is 31.5 Å². The Balaban J connectivity index is 1.91. The van der Waals surface area contributed by atoms with Crippen molar-refractivity contribution in [3.8, 4) is 0 Å². The Morgan fingerprint density at radius 1 is 1.38 bits per heavy atom. The maximum absolute atomic E-state index is 4.06. The number of aromatic nitrogens is 1. The first kappa shape index (κ1) is 11.6. The van der Waals surface area contributed by atoms with E-state index in [9.17, 15) is 0 Å². The molecule has 3 heteroatoms. The Kier molecular flexibility index (Phi) is 4.31. The van der Waals surface area contributed by atoms with Gasteiger partial charge in [-0.1, -0.05) is 0 Å². The average Bonchev–Trinajstić information content (AvgIpc) is 2.27. The number of nitrogens with zero attached hydrogens (tertiary/aromatic N) is 2. The first-order valence-corrected chi connectivity index (χ1v) is 6.19. The maximum atomic E-state index is 4.06. The number of hydrogen-bond acceptors (Lipinski definition) is 3. The number of hydrogen-bond donors (Lipinski definition) is 1. The molecule has 16 heavy (non-hydrogen) atoms. The molecule has 1 saturated heterocycles. The molecule has 1 unspecified atom stereocenters. The van der Waals surface area contributed by atoms with Crippen molar-refractivity contribution in [2.45, 2.75) is 32.4 Å². The third kappa shape index (κ3) is 3.58. The lowest BCUT2D eigenvalue weighted by atomic mass is 10.1. The van der Waals surface area contributed by atoms with Gasteiger partial charge in [0.25, 0.3) is 0 Å². The molecule has 1 N–H and O–H groups in total. The molecule has 0 aliphatic carbocycles. The number of nitrogens with one attached hydrogen (secondary N) is 1. The first-order chi connectivity index (χ1) is 7.84. The molecule has 2 heterocycles. The van der Waals surface area contributed by atoms with Gasteiger partial charge in [0.2, 0.25) is 0 Å². The fourth-order valence-corrected chi connectivity index (χ4v) is 2.24. The van der Waals surface area contributed by atoms with Crippen LogP contribution in [0, 0.1) is 0 Å². The summed E-state index contributed by atoms with van der Waals surface area (Å²) in [5.74, 6) is 0. The van der Waals surface area contributed by atoms with E-state index in [2.05, 4.69) is 34.3 Å². The van der Waals surface area contributed by atoms with Crippen molar-refractivity contribution in [3.05, 3.63) is 30.1 Å². The van der Waals surface area contributed by atoms with Crippen molar-refractivity contribution < 1.29 is 0 Å². The quantitative estimate of drug-likeness (QED) is 0.820. The summed E-state index contributed by atoms with van der Waals surface area (Å²) in [5, 5.41) is 3.55. The Morgan fingerprint density at radius 2 is 2.19 bits per heavy atom. The average molecular weight is 219 g/mol. The van der Waals surface area contributed by atoms with Crippen LogP contribution in [0.1, 0.15) is 25.3 Å². The lowest BCUT2D eigenvalue weighted by Gasteiger charge is -2.28. The van der Waals surface area contributed by atoms with E-state index in [1.165, 1.54) is 31.5 Å². The molecule has 0 aromatic carbocycles. The van der Waals surface area contributed by atoms with Crippen molar-refractivity contribution in [1.29, 1.82) is 0 Å². The summed E-state index contributed by atoms with van der Waals surface area (Å²) in [4.78, 5) is 6.59. The van der Waals surface area contributed by atoms with Crippen LogP contribution in [-0.2, 0) is 6.54 Å². The summed E-state index contributed by atoms with van der Waals surface area (Å²) in [7, 11) is 0. The summed E-state index contributed by atoms with van der Waals surface area (Å²) >= 11 is 0. The van der Waals surface area contributed by atoms with E-state index in [1.807, 2.05) is 12.4 Å². The molecule has 0 amide bonds. The molecular formula is C13H21N3. The van der Waals surface area contributed by atoms with Gasteiger partial charge in [0.15, 0.2) is 0 Å². The molecule has 0 bridgehead atoms. The fourth-order valence-electron chi connectivity index (χ4n) is 2.24. The van der Waals surface area contributed by atoms with Crippen molar-refractivity contribution in [3.63, 3.8) is 0 Å². The standard InChI is InChI=1S/C13H21N3/c1-12-10-16(9-3-2-6-15-12)11-13-4-7-14-8-5-13/h4-5,7-8,12,15H,2-3,6,9-11H2,1H3. The van der Waals surface area contributed by atoms with Gasteiger partial charge in [0.05, 0.1) is 0 Å². The molecule has 1 aromatic heterocycles. The molecule has 1 aliphatic rings. The first-order valence-electron chi connectivity index (χ1n) is 6.19. The molecule has 1 aromatic rings. The van der Waals surface area contributed by atoms with Crippen LogP contribution < -0.4 is 5.32 Å². The Hall–Kier alpha value is -0.930. The maximum Gasteiger partial charge on any atom is 0.0271 e. The van der Waals surface area contributed by atoms with E-state index < -0.39 is 0 Å². The predicted octanol–water partition coefficient (Wildman–Crippen LogP) is 1.66. The third-order valence-electron chi connectivity index (χ3n) is 3.08. The second-order valence-electron chi connectivity index (χ2n) is 4.65. The van der Waals surface area contributed by atoms with Gasteiger partial charge in [-0.15, -0.1) is 0 Å². The van der Waals surface area contributed by atoms with Crippen LogP contribution in [0.2, 0.25) is 0 Å². The number of pyridine rings is 1. The lowest BCUT2D eigenvalue weighted by Crippen LogP contribution is -2.42. The zero-order valence-electron chi connectivity index (χ0n) is 10.0. The zero-order chi connectivity index (χ0) is 11.2. The summed E-state index contributed by atoms with van der Waals surface area (Å²) in [6.45, 7) is 6.85. The highest BCUT2D eigenvalue weighted by Gasteiger charge is 2.12.